The molecule has 152 valence electrons. The molecule has 2 rings (SSSR count). The molecule has 1 saturated heterocycles. The van der Waals surface area contributed by atoms with Crippen LogP contribution in [0.5, 0.6) is 0 Å². The molecule has 0 radical (unpaired) electrons. The molecular formula is C18H27Cl2IN4O2. The predicted octanol–water partition coefficient (Wildman–Crippen LogP) is 3.28. The summed E-state index contributed by atoms with van der Waals surface area (Å²) in [6.45, 7) is 6.31. The largest absolute Gasteiger partial charge is 0.381 e. The summed E-state index contributed by atoms with van der Waals surface area (Å²) in [5.74, 6) is 1.18. The highest BCUT2D eigenvalue weighted by Gasteiger charge is 2.19. The summed E-state index contributed by atoms with van der Waals surface area (Å²) in [6.07, 6.45) is 1.09. The molecule has 27 heavy (non-hydrogen) atoms. The number of hydrogen-bond acceptors (Lipinski definition) is 3. The van der Waals surface area contributed by atoms with Crippen molar-refractivity contribution in [3.63, 3.8) is 0 Å². The Labute approximate surface area is 188 Å². The van der Waals surface area contributed by atoms with E-state index in [9.17, 15) is 4.79 Å². The van der Waals surface area contributed by atoms with E-state index in [-0.39, 0.29) is 29.9 Å². The van der Waals surface area contributed by atoms with Gasteiger partial charge in [0.1, 0.15) is 0 Å². The van der Waals surface area contributed by atoms with Crippen LogP contribution in [0.1, 0.15) is 23.7 Å². The maximum atomic E-state index is 12.1. The monoisotopic (exact) mass is 528 g/mol. The van der Waals surface area contributed by atoms with E-state index in [1.807, 2.05) is 14.0 Å². The molecular weight excluding hydrogens is 502 g/mol. The van der Waals surface area contributed by atoms with Crippen LogP contribution in [0.2, 0.25) is 10.0 Å². The van der Waals surface area contributed by atoms with Gasteiger partial charge in [-0.2, -0.15) is 0 Å². The van der Waals surface area contributed by atoms with Gasteiger partial charge in [0.05, 0.1) is 23.2 Å². The van der Waals surface area contributed by atoms with E-state index in [4.69, 9.17) is 27.9 Å². The molecule has 0 spiro atoms. The summed E-state index contributed by atoms with van der Waals surface area (Å²) in [5.41, 5.74) is 0.480. The predicted molar refractivity (Wildman–Crippen MR) is 122 cm³/mol. The van der Waals surface area contributed by atoms with E-state index in [1.165, 1.54) is 0 Å². The number of aliphatic imine (C=N–C) groups is 1. The zero-order valence-corrected chi connectivity index (χ0v) is 19.5. The first-order valence-electron chi connectivity index (χ1n) is 8.81. The van der Waals surface area contributed by atoms with Crippen LogP contribution < -0.4 is 10.6 Å². The first-order valence-corrected chi connectivity index (χ1v) is 9.57. The van der Waals surface area contributed by atoms with Gasteiger partial charge < -0.3 is 20.3 Å². The molecule has 1 atom stereocenters. The van der Waals surface area contributed by atoms with Crippen LogP contribution in [0.3, 0.4) is 0 Å². The second-order valence-electron chi connectivity index (χ2n) is 6.23. The van der Waals surface area contributed by atoms with Crippen molar-refractivity contribution in [2.24, 2.45) is 10.9 Å². The molecule has 9 heteroatoms. The van der Waals surface area contributed by atoms with Crippen molar-refractivity contribution in [3.8, 4) is 0 Å². The lowest BCUT2D eigenvalue weighted by molar-refractivity contribution is 0.0955. The molecule has 2 N–H and O–H groups in total. The molecule has 6 nitrogen and oxygen atoms in total. The summed E-state index contributed by atoms with van der Waals surface area (Å²) in [4.78, 5) is 18.8. The van der Waals surface area contributed by atoms with Crippen LogP contribution in [0.15, 0.2) is 23.2 Å². The summed E-state index contributed by atoms with van der Waals surface area (Å²) in [5, 5.41) is 6.92. The van der Waals surface area contributed by atoms with Crippen LogP contribution in [0.4, 0.5) is 0 Å². The van der Waals surface area contributed by atoms with E-state index in [0.717, 1.165) is 38.7 Å². The zero-order valence-electron chi connectivity index (χ0n) is 15.6. The number of nitrogens with zero attached hydrogens (tertiary/aromatic N) is 2. The Morgan fingerprint density at radius 3 is 2.74 bits per heavy atom. The minimum Gasteiger partial charge on any atom is -0.381 e. The Balaban J connectivity index is 0.00000364. The number of ether oxygens (including phenoxy) is 1. The van der Waals surface area contributed by atoms with E-state index >= 15 is 0 Å². The Kier molecular flexibility index (Phi) is 11.4. The number of nitrogens with one attached hydrogen (secondary N) is 2. The highest BCUT2D eigenvalue weighted by atomic mass is 127. The second kappa shape index (κ2) is 12.6. The van der Waals surface area contributed by atoms with Gasteiger partial charge in [-0.25, -0.2) is 0 Å². The highest BCUT2D eigenvalue weighted by molar-refractivity contribution is 14.0. The Hall–Kier alpha value is -0.770. The van der Waals surface area contributed by atoms with Crippen LogP contribution in [0, 0.1) is 5.92 Å². The van der Waals surface area contributed by atoms with Gasteiger partial charge >= 0.3 is 0 Å². The van der Waals surface area contributed by atoms with Crippen molar-refractivity contribution in [1.29, 1.82) is 0 Å². The molecule has 1 aromatic rings. The average Bonchev–Trinajstić information content (AvgIpc) is 3.12. The van der Waals surface area contributed by atoms with Gasteiger partial charge in [-0.15, -0.1) is 24.0 Å². The van der Waals surface area contributed by atoms with Crippen molar-refractivity contribution < 1.29 is 9.53 Å². The molecule has 1 aliphatic rings. The molecule has 1 amide bonds. The third-order valence-electron chi connectivity index (χ3n) is 4.09. The lowest BCUT2D eigenvalue weighted by Gasteiger charge is -2.24. The van der Waals surface area contributed by atoms with Crippen LogP contribution in [0.25, 0.3) is 0 Å². The number of carbonyl (C=O) groups is 1. The van der Waals surface area contributed by atoms with Gasteiger partial charge in [0.25, 0.3) is 5.91 Å². The number of rotatable bonds is 7. The molecule has 0 saturated carbocycles. The average molecular weight is 529 g/mol. The lowest BCUT2D eigenvalue weighted by atomic mass is 10.1. The van der Waals surface area contributed by atoms with Crippen molar-refractivity contribution in [2.75, 3.05) is 46.4 Å². The van der Waals surface area contributed by atoms with Gasteiger partial charge in [-0.05, 0) is 31.5 Å². The SMILES string of the molecule is CCNC(=NCCNC(=O)c1ccc(Cl)c(Cl)c1)N(C)CC1CCOC1.I. The first-order chi connectivity index (χ1) is 12.5. The van der Waals surface area contributed by atoms with E-state index in [0.29, 0.717) is 34.6 Å². The fourth-order valence-corrected chi connectivity index (χ4v) is 3.04. The first kappa shape index (κ1) is 24.3. The summed E-state index contributed by atoms with van der Waals surface area (Å²) >= 11 is 11.8. The topological polar surface area (TPSA) is 66.0 Å². The molecule has 0 bridgehead atoms. The standard InChI is InChI=1S/C18H26Cl2N4O2.HI/c1-3-21-18(24(2)11-13-6-9-26-12-13)23-8-7-22-17(25)14-4-5-15(19)16(20)10-14;/h4-5,10,13H,3,6-9,11-12H2,1-2H3,(H,21,23)(H,22,25);1H. The van der Waals surface area contributed by atoms with Gasteiger partial charge in [-0.3, -0.25) is 9.79 Å². The minimum absolute atomic E-state index is 0. The third-order valence-corrected chi connectivity index (χ3v) is 4.83. The maximum Gasteiger partial charge on any atom is 0.251 e. The molecule has 1 aromatic carbocycles. The van der Waals surface area contributed by atoms with Gasteiger partial charge in [0.15, 0.2) is 5.96 Å². The molecule has 1 fully saturated rings. The molecule has 1 aliphatic heterocycles. The number of guanidine groups is 1. The maximum absolute atomic E-state index is 12.1. The number of hydrogen-bond donors (Lipinski definition) is 2. The van der Waals surface area contributed by atoms with E-state index in [1.54, 1.807) is 18.2 Å². The second-order valence-corrected chi connectivity index (χ2v) is 7.04. The Morgan fingerprint density at radius 2 is 2.11 bits per heavy atom. The fourth-order valence-electron chi connectivity index (χ4n) is 2.74. The quantitative estimate of drug-likeness (QED) is 0.247. The van der Waals surface area contributed by atoms with Gasteiger partial charge in [0, 0.05) is 44.8 Å². The third kappa shape index (κ3) is 8.01. The zero-order chi connectivity index (χ0) is 18.9. The van der Waals surface area contributed by atoms with Gasteiger partial charge in [-0.1, -0.05) is 23.2 Å². The molecule has 0 aliphatic carbocycles. The van der Waals surface area contributed by atoms with Crippen molar-refractivity contribution >= 4 is 59.0 Å². The summed E-state index contributed by atoms with van der Waals surface area (Å²) in [6, 6.07) is 4.82. The Morgan fingerprint density at radius 1 is 1.33 bits per heavy atom. The van der Waals surface area contributed by atoms with E-state index in [2.05, 4.69) is 20.5 Å². The van der Waals surface area contributed by atoms with Crippen molar-refractivity contribution in [3.05, 3.63) is 33.8 Å². The lowest BCUT2D eigenvalue weighted by Crippen LogP contribution is -2.42. The fraction of sp³-hybridized carbons (Fsp3) is 0.556. The molecule has 1 heterocycles. The van der Waals surface area contributed by atoms with E-state index < -0.39 is 0 Å². The number of halogens is 3. The number of amides is 1. The highest BCUT2D eigenvalue weighted by Crippen LogP contribution is 2.22. The van der Waals surface area contributed by atoms with Crippen molar-refractivity contribution in [1.82, 2.24) is 15.5 Å². The van der Waals surface area contributed by atoms with Crippen molar-refractivity contribution in [2.45, 2.75) is 13.3 Å². The van der Waals surface area contributed by atoms with Crippen LogP contribution in [-0.4, -0.2) is 63.2 Å². The number of benzene rings is 1. The molecule has 0 aromatic heterocycles. The minimum atomic E-state index is -0.194. The van der Waals surface area contributed by atoms with Crippen LogP contribution in [-0.2, 0) is 4.74 Å². The Bertz CT molecular complexity index is 640. The summed E-state index contributed by atoms with van der Waals surface area (Å²) < 4.78 is 5.43. The normalized spacial score (nSPS) is 16.6. The smallest absolute Gasteiger partial charge is 0.251 e. The number of carbonyl (C=O) groups excluding carboxylic acids is 1. The molecule has 1 unspecified atom stereocenters. The van der Waals surface area contributed by atoms with Gasteiger partial charge in [0.2, 0.25) is 0 Å². The van der Waals surface area contributed by atoms with Crippen LogP contribution >= 0.6 is 47.2 Å². The summed E-state index contributed by atoms with van der Waals surface area (Å²) in [7, 11) is 2.02.